The maximum atomic E-state index is 13.1. The number of benzene rings is 2. The van der Waals surface area contributed by atoms with E-state index in [1.54, 1.807) is 0 Å². The van der Waals surface area contributed by atoms with E-state index in [0.717, 1.165) is 16.6 Å². The van der Waals surface area contributed by atoms with E-state index in [1.807, 2.05) is 0 Å². The smallest absolute Gasteiger partial charge is 0.245 e. The summed E-state index contributed by atoms with van der Waals surface area (Å²) in [5.41, 5.74) is 0.377. The van der Waals surface area contributed by atoms with Crippen LogP contribution in [-0.2, 0) is 14.8 Å². The van der Waals surface area contributed by atoms with Gasteiger partial charge in [-0.2, -0.15) is 0 Å². The van der Waals surface area contributed by atoms with Crippen LogP contribution in [0.15, 0.2) is 42.5 Å². The van der Waals surface area contributed by atoms with E-state index in [0.29, 0.717) is 0 Å². The van der Waals surface area contributed by atoms with Gasteiger partial charge in [0.15, 0.2) is 0 Å². The van der Waals surface area contributed by atoms with Crippen molar-refractivity contribution in [3.63, 3.8) is 0 Å². The van der Waals surface area contributed by atoms with Crippen LogP contribution in [0, 0.1) is 5.82 Å². The molecule has 0 aliphatic carbocycles. The molecule has 9 heteroatoms. The standard InChI is InChI=1S/C15H13Cl2FN2O3S/c1-24(22,23)20(14-6-10(16)5-11(17)7-14)9-15(21)19-13-4-2-3-12(18)8-13/h2-8H,9H2,1H3,(H,19,21). The minimum Gasteiger partial charge on any atom is -0.324 e. The molecule has 0 aliphatic heterocycles. The zero-order valence-corrected chi connectivity index (χ0v) is 14.8. The van der Waals surface area contributed by atoms with E-state index in [2.05, 4.69) is 5.32 Å². The summed E-state index contributed by atoms with van der Waals surface area (Å²) in [5, 5.41) is 2.90. The first-order valence-electron chi connectivity index (χ1n) is 6.64. The SMILES string of the molecule is CS(=O)(=O)N(CC(=O)Nc1cccc(F)c1)c1cc(Cl)cc(Cl)c1. The third-order valence-electron chi connectivity index (χ3n) is 2.93. The third kappa shape index (κ3) is 5.09. The Morgan fingerprint density at radius 3 is 2.33 bits per heavy atom. The second-order valence-corrected chi connectivity index (χ2v) is 7.74. The highest BCUT2D eigenvalue weighted by Gasteiger charge is 2.21. The summed E-state index contributed by atoms with van der Waals surface area (Å²) in [6, 6.07) is 9.47. The van der Waals surface area contributed by atoms with E-state index in [1.165, 1.54) is 36.4 Å². The maximum Gasteiger partial charge on any atom is 0.245 e. The van der Waals surface area contributed by atoms with Crippen LogP contribution in [0.4, 0.5) is 15.8 Å². The largest absolute Gasteiger partial charge is 0.324 e. The minimum atomic E-state index is -3.77. The third-order valence-corrected chi connectivity index (χ3v) is 4.51. The predicted molar refractivity (Wildman–Crippen MR) is 93.7 cm³/mol. The molecular weight excluding hydrogens is 378 g/mol. The number of carbonyl (C=O) groups excluding carboxylic acids is 1. The number of hydrogen-bond acceptors (Lipinski definition) is 3. The van der Waals surface area contributed by atoms with E-state index in [-0.39, 0.29) is 21.4 Å². The van der Waals surface area contributed by atoms with Gasteiger partial charge >= 0.3 is 0 Å². The summed E-state index contributed by atoms with van der Waals surface area (Å²) in [7, 11) is -3.77. The number of nitrogens with zero attached hydrogens (tertiary/aromatic N) is 1. The molecule has 2 aromatic rings. The van der Waals surface area contributed by atoms with Crippen molar-refractivity contribution >= 4 is 50.5 Å². The van der Waals surface area contributed by atoms with Gasteiger partial charge in [0.2, 0.25) is 15.9 Å². The second kappa shape index (κ2) is 7.38. The van der Waals surface area contributed by atoms with Crippen LogP contribution in [0.25, 0.3) is 0 Å². The first-order valence-corrected chi connectivity index (χ1v) is 9.25. The van der Waals surface area contributed by atoms with Crippen molar-refractivity contribution < 1.29 is 17.6 Å². The average Bonchev–Trinajstić information content (AvgIpc) is 2.42. The molecule has 0 saturated carbocycles. The van der Waals surface area contributed by atoms with E-state index in [9.17, 15) is 17.6 Å². The minimum absolute atomic E-state index is 0.157. The van der Waals surface area contributed by atoms with Gasteiger partial charge in [0, 0.05) is 15.7 Å². The second-order valence-electron chi connectivity index (χ2n) is 4.96. The van der Waals surface area contributed by atoms with Gasteiger partial charge in [0.25, 0.3) is 0 Å². The number of anilines is 2. The molecule has 0 saturated heterocycles. The molecule has 0 aromatic heterocycles. The highest BCUT2D eigenvalue weighted by atomic mass is 35.5. The van der Waals surface area contributed by atoms with Gasteiger partial charge in [0.05, 0.1) is 11.9 Å². The van der Waals surface area contributed by atoms with Crippen molar-refractivity contribution in [2.24, 2.45) is 0 Å². The number of amides is 1. The summed E-state index contributed by atoms with van der Waals surface area (Å²) in [6.45, 7) is -0.508. The van der Waals surface area contributed by atoms with Gasteiger partial charge in [-0.3, -0.25) is 9.10 Å². The zero-order valence-electron chi connectivity index (χ0n) is 12.5. The first kappa shape index (κ1) is 18.5. The Kier molecular flexibility index (Phi) is 5.69. The predicted octanol–water partition coefficient (Wildman–Crippen LogP) is 3.54. The summed E-state index contributed by atoms with van der Waals surface area (Å²) >= 11 is 11.8. The Morgan fingerprint density at radius 1 is 1.17 bits per heavy atom. The van der Waals surface area contributed by atoms with Gasteiger partial charge in [0.1, 0.15) is 12.4 Å². The van der Waals surface area contributed by atoms with E-state index < -0.39 is 28.3 Å². The molecule has 1 N–H and O–H groups in total. The number of hydrogen-bond donors (Lipinski definition) is 1. The molecule has 0 aliphatic rings. The maximum absolute atomic E-state index is 13.1. The zero-order chi connectivity index (χ0) is 17.9. The molecule has 0 fully saturated rings. The van der Waals surface area contributed by atoms with Crippen LogP contribution in [0.3, 0.4) is 0 Å². The molecule has 1 amide bonds. The van der Waals surface area contributed by atoms with Crippen molar-refractivity contribution in [3.8, 4) is 0 Å². The topological polar surface area (TPSA) is 66.5 Å². The highest BCUT2D eigenvalue weighted by Crippen LogP contribution is 2.27. The number of rotatable bonds is 5. The Labute approximate surface area is 149 Å². The van der Waals surface area contributed by atoms with Crippen LogP contribution in [0.2, 0.25) is 10.0 Å². The molecule has 0 atom stereocenters. The summed E-state index contributed by atoms with van der Waals surface area (Å²) < 4.78 is 38.0. The first-order chi connectivity index (χ1) is 11.1. The molecule has 24 heavy (non-hydrogen) atoms. The van der Waals surface area contributed by atoms with Gasteiger partial charge in [-0.1, -0.05) is 29.3 Å². The van der Waals surface area contributed by atoms with Gasteiger partial charge < -0.3 is 5.32 Å². The Bertz CT molecular complexity index is 855. The lowest BCUT2D eigenvalue weighted by Gasteiger charge is -2.22. The monoisotopic (exact) mass is 390 g/mol. The molecule has 2 rings (SSSR count). The molecule has 5 nitrogen and oxygen atoms in total. The van der Waals surface area contributed by atoms with Crippen molar-refractivity contribution in [3.05, 3.63) is 58.3 Å². The normalized spacial score (nSPS) is 11.2. The Morgan fingerprint density at radius 2 is 1.79 bits per heavy atom. The van der Waals surface area contributed by atoms with Crippen LogP contribution in [0.5, 0.6) is 0 Å². The summed E-state index contributed by atoms with van der Waals surface area (Å²) in [5.74, 6) is -1.16. The number of carbonyl (C=O) groups is 1. The lowest BCUT2D eigenvalue weighted by atomic mass is 10.3. The molecule has 2 aromatic carbocycles. The molecule has 0 unspecified atom stereocenters. The van der Waals surface area contributed by atoms with Crippen molar-refractivity contribution in [1.29, 1.82) is 0 Å². The fourth-order valence-electron chi connectivity index (χ4n) is 1.98. The molecular formula is C15H13Cl2FN2O3S. The van der Waals surface area contributed by atoms with Gasteiger partial charge in [-0.15, -0.1) is 0 Å². The molecule has 0 bridgehead atoms. The van der Waals surface area contributed by atoms with Crippen LogP contribution < -0.4 is 9.62 Å². The summed E-state index contributed by atoms with van der Waals surface area (Å²) in [4.78, 5) is 12.1. The number of sulfonamides is 1. The quantitative estimate of drug-likeness (QED) is 0.848. The summed E-state index contributed by atoms with van der Waals surface area (Å²) in [6.07, 6.45) is 0.956. The molecule has 0 radical (unpaired) electrons. The van der Waals surface area contributed by atoms with Crippen LogP contribution in [0.1, 0.15) is 0 Å². The van der Waals surface area contributed by atoms with Crippen LogP contribution >= 0.6 is 23.2 Å². The fraction of sp³-hybridized carbons (Fsp3) is 0.133. The average molecular weight is 391 g/mol. The van der Waals surface area contributed by atoms with E-state index in [4.69, 9.17) is 23.2 Å². The van der Waals surface area contributed by atoms with Crippen molar-refractivity contribution in [2.75, 3.05) is 22.4 Å². The van der Waals surface area contributed by atoms with Crippen molar-refractivity contribution in [2.45, 2.75) is 0 Å². The molecule has 0 heterocycles. The number of halogens is 3. The van der Waals surface area contributed by atoms with Gasteiger partial charge in [-0.05, 0) is 36.4 Å². The lowest BCUT2D eigenvalue weighted by molar-refractivity contribution is -0.114. The Balaban J connectivity index is 2.25. The van der Waals surface area contributed by atoms with Crippen molar-refractivity contribution in [1.82, 2.24) is 0 Å². The number of nitrogens with one attached hydrogen (secondary N) is 1. The molecule has 128 valence electrons. The highest BCUT2D eigenvalue weighted by molar-refractivity contribution is 7.92. The Hall–Kier alpha value is -1.83. The van der Waals surface area contributed by atoms with E-state index >= 15 is 0 Å². The molecule has 0 spiro atoms. The lowest BCUT2D eigenvalue weighted by Crippen LogP contribution is -2.37. The van der Waals surface area contributed by atoms with Crippen LogP contribution in [-0.4, -0.2) is 27.1 Å². The van der Waals surface area contributed by atoms with Gasteiger partial charge in [-0.25, -0.2) is 12.8 Å². The fourth-order valence-corrected chi connectivity index (χ4v) is 3.34.